The molecule has 0 aliphatic carbocycles. The molecule has 0 saturated heterocycles. The molecule has 2 heterocycles. The van der Waals surface area contributed by atoms with Gasteiger partial charge in [-0.1, -0.05) is 31.1 Å². The highest BCUT2D eigenvalue weighted by molar-refractivity contribution is 6.02. The van der Waals surface area contributed by atoms with Gasteiger partial charge in [-0.25, -0.2) is 10.1 Å². The molecule has 8 nitrogen and oxygen atoms in total. The number of pyridine rings is 1. The summed E-state index contributed by atoms with van der Waals surface area (Å²) in [7, 11) is 0. The van der Waals surface area contributed by atoms with E-state index in [0.29, 0.717) is 17.1 Å². The van der Waals surface area contributed by atoms with Crippen LogP contribution in [-0.4, -0.2) is 31.5 Å². The number of hydrogen-bond donors (Lipinski definition) is 3. The Bertz CT molecular complexity index is 841. The van der Waals surface area contributed by atoms with Gasteiger partial charge < -0.3 is 5.73 Å². The van der Waals surface area contributed by atoms with Gasteiger partial charge in [-0.3, -0.25) is 10.1 Å². The summed E-state index contributed by atoms with van der Waals surface area (Å²) in [6, 6.07) is 11.1. The largest absolute Gasteiger partial charge is 0.399 e. The molecule has 3 aromatic rings. The zero-order chi connectivity index (χ0) is 17.1. The van der Waals surface area contributed by atoms with Crippen LogP contribution in [0, 0.1) is 0 Å². The number of carbonyl (C=O) groups is 1. The number of nitrogens with two attached hydrogens (primary N) is 1. The zero-order valence-electron chi connectivity index (χ0n) is 13.3. The minimum atomic E-state index is -0.382. The maximum atomic E-state index is 12.4. The summed E-state index contributed by atoms with van der Waals surface area (Å²) in [6.45, 7) is 4.12. The van der Waals surface area contributed by atoms with Crippen LogP contribution in [0.4, 0.5) is 11.6 Å². The maximum Gasteiger partial charge on any atom is 0.276 e. The molecule has 1 aromatic carbocycles. The Morgan fingerprint density at radius 1 is 1.21 bits per heavy atom. The van der Waals surface area contributed by atoms with E-state index < -0.39 is 0 Å². The van der Waals surface area contributed by atoms with Gasteiger partial charge in [0.25, 0.3) is 5.91 Å². The van der Waals surface area contributed by atoms with Crippen molar-refractivity contribution in [1.82, 2.24) is 25.6 Å². The number of rotatable bonds is 4. The van der Waals surface area contributed by atoms with Gasteiger partial charge >= 0.3 is 0 Å². The van der Waals surface area contributed by atoms with E-state index in [1.807, 2.05) is 18.2 Å². The summed E-state index contributed by atoms with van der Waals surface area (Å²) in [5.74, 6) is 0.0394. The zero-order valence-corrected chi connectivity index (χ0v) is 13.3. The van der Waals surface area contributed by atoms with Gasteiger partial charge in [0.2, 0.25) is 5.95 Å². The van der Waals surface area contributed by atoms with Crippen molar-refractivity contribution in [3.8, 4) is 11.3 Å². The third-order valence-corrected chi connectivity index (χ3v) is 3.53. The number of nitrogens with zero attached hydrogens (tertiary/aromatic N) is 4. The topological polar surface area (TPSA) is 122 Å². The average Bonchev–Trinajstić information content (AvgIpc) is 3.08. The highest BCUT2D eigenvalue weighted by Gasteiger charge is 2.14. The van der Waals surface area contributed by atoms with Crippen molar-refractivity contribution in [3.63, 3.8) is 0 Å². The second-order valence-electron chi connectivity index (χ2n) is 5.65. The van der Waals surface area contributed by atoms with Crippen molar-refractivity contribution in [1.29, 1.82) is 0 Å². The lowest BCUT2D eigenvalue weighted by atomic mass is 10.00. The first-order chi connectivity index (χ1) is 11.5. The molecule has 24 heavy (non-hydrogen) atoms. The standard InChI is InChI=1S/C16H17N7O/c1-9(2)11-7-13(10-3-5-12(17)6-4-10)18-14(8-11)15(24)19-16-20-22-23-21-16/h3-9H,17H2,1-2H3,(H2,19,20,21,22,23,24). The SMILES string of the molecule is CC(C)c1cc(C(=O)Nc2nnn[nH]2)nc(-c2ccc(N)cc2)c1. The molecular weight excluding hydrogens is 306 g/mol. The molecule has 0 spiro atoms. The fourth-order valence-corrected chi connectivity index (χ4v) is 2.19. The van der Waals surface area contributed by atoms with E-state index in [-0.39, 0.29) is 17.8 Å². The Morgan fingerprint density at radius 2 is 1.96 bits per heavy atom. The number of carbonyl (C=O) groups excluding carboxylic acids is 1. The van der Waals surface area contributed by atoms with Gasteiger partial charge in [-0.2, -0.15) is 0 Å². The molecule has 2 aromatic heterocycles. The van der Waals surface area contributed by atoms with Gasteiger partial charge in [0.15, 0.2) is 0 Å². The van der Waals surface area contributed by atoms with Crippen LogP contribution < -0.4 is 11.1 Å². The van der Waals surface area contributed by atoms with Crippen LogP contribution in [0.5, 0.6) is 0 Å². The van der Waals surface area contributed by atoms with E-state index in [2.05, 4.69) is 44.8 Å². The quantitative estimate of drug-likeness (QED) is 0.633. The second kappa shape index (κ2) is 6.45. The number of aromatic nitrogens is 5. The van der Waals surface area contributed by atoms with Gasteiger partial charge in [0.1, 0.15) is 5.69 Å². The van der Waals surface area contributed by atoms with E-state index in [4.69, 9.17) is 5.73 Å². The summed E-state index contributed by atoms with van der Waals surface area (Å²) in [5, 5.41) is 15.5. The smallest absolute Gasteiger partial charge is 0.276 e. The van der Waals surface area contributed by atoms with Crippen molar-refractivity contribution < 1.29 is 4.79 Å². The lowest BCUT2D eigenvalue weighted by Gasteiger charge is -2.11. The van der Waals surface area contributed by atoms with Crippen molar-refractivity contribution in [2.45, 2.75) is 19.8 Å². The molecule has 1 amide bonds. The summed E-state index contributed by atoms with van der Waals surface area (Å²) in [5.41, 5.74) is 9.31. The van der Waals surface area contributed by atoms with Crippen LogP contribution in [0.1, 0.15) is 35.8 Å². The number of anilines is 2. The molecular formula is C16H17N7O. The number of aromatic amines is 1. The molecule has 0 radical (unpaired) electrons. The Morgan fingerprint density at radius 3 is 2.58 bits per heavy atom. The Kier molecular flexibility index (Phi) is 4.19. The van der Waals surface area contributed by atoms with Gasteiger partial charge in [0, 0.05) is 11.3 Å². The predicted octanol–water partition coefficient (Wildman–Crippen LogP) is 2.22. The van der Waals surface area contributed by atoms with Gasteiger partial charge in [-0.15, -0.1) is 0 Å². The second-order valence-corrected chi connectivity index (χ2v) is 5.65. The molecule has 0 aliphatic heterocycles. The van der Waals surface area contributed by atoms with Crippen LogP contribution in [0.2, 0.25) is 0 Å². The molecule has 8 heteroatoms. The Labute approximate surface area is 138 Å². The summed E-state index contributed by atoms with van der Waals surface area (Å²) < 4.78 is 0. The summed E-state index contributed by atoms with van der Waals surface area (Å²) >= 11 is 0. The van der Waals surface area contributed by atoms with Crippen LogP contribution >= 0.6 is 0 Å². The van der Waals surface area contributed by atoms with Crippen molar-refractivity contribution >= 4 is 17.5 Å². The summed E-state index contributed by atoms with van der Waals surface area (Å²) in [6.07, 6.45) is 0. The lowest BCUT2D eigenvalue weighted by Crippen LogP contribution is -2.15. The number of benzene rings is 1. The van der Waals surface area contributed by atoms with Crippen molar-refractivity contribution in [2.24, 2.45) is 0 Å². The minimum Gasteiger partial charge on any atom is -0.399 e. The normalized spacial score (nSPS) is 10.8. The minimum absolute atomic E-state index is 0.172. The number of nitrogen functional groups attached to an aromatic ring is 1. The molecule has 0 atom stereocenters. The van der Waals surface area contributed by atoms with E-state index in [1.54, 1.807) is 18.2 Å². The van der Waals surface area contributed by atoms with Crippen LogP contribution in [0.3, 0.4) is 0 Å². The number of H-pyrrole nitrogens is 1. The van der Waals surface area contributed by atoms with Crippen molar-refractivity contribution in [3.05, 3.63) is 47.7 Å². The van der Waals surface area contributed by atoms with E-state index >= 15 is 0 Å². The third kappa shape index (κ3) is 3.37. The van der Waals surface area contributed by atoms with Crippen molar-refractivity contribution in [2.75, 3.05) is 11.1 Å². The van der Waals surface area contributed by atoms with Gasteiger partial charge in [-0.05, 0) is 46.2 Å². The van der Waals surface area contributed by atoms with Crippen LogP contribution in [0.15, 0.2) is 36.4 Å². The average molecular weight is 323 g/mol. The summed E-state index contributed by atoms with van der Waals surface area (Å²) in [4.78, 5) is 16.9. The van der Waals surface area contributed by atoms with Crippen LogP contribution in [-0.2, 0) is 0 Å². The fourth-order valence-electron chi connectivity index (χ4n) is 2.19. The molecule has 4 N–H and O–H groups in total. The Hall–Kier alpha value is -3.29. The number of nitrogens with one attached hydrogen (secondary N) is 2. The Balaban J connectivity index is 1.99. The van der Waals surface area contributed by atoms with E-state index in [1.165, 1.54) is 0 Å². The molecule has 0 aliphatic rings. The first-order valence-corrected chi connectivity index (χ1v) is 7.46. The molecule has 0 saturated carbocycles. The predicted molar refractivity (Wildman–Crippen MR) is 90.3 cm³/mol. The first kappa shape index (κ1) is 15.6. The molecule has 0 unspecified atom stereocenters. The highest BCUT2D eigenvalue weighted by Crippen LogP contribution is 2.24. The highest BCUT2D eigenvalue weighted by atomic mass is 16.2. The van der Waals surface area contributed by atoms with Gasteiger partial charge in [0.05, 0.1) is 5.69 Å². The monoisotopic (exact) mass is 323 g/mol. The van der Waals surface area contributed by atoms with E-state index in [9.17, 15) is 4.79 Å². The molecule has 0 fully saturated rings. The number of tetrazole rings is 1. The number of amides is 1. The number of hydrogen-bond acceptors (Lipinski definition) is 6. The third-order valence-electron chi connectivity index (χ3n) is 3.53. The fraction of sp³-hybridized carbons (Fsp3) is 0.188. The maximum absolute atomic E-state index is 12.4. The lowest BCUT2D eigenvalue weighted by molar-refractivity contribution is 0.102. The molecule has 3 rings (SSSR count). The van der Waals surface area contributed by atoms with Crippen LogP contribution in [0.25, 0.3) is 11.3 Å². The molecule has 0 bridgehead atoms. The first-order valence-electron chi connectivity index (χ1n) is 7.46. The molecule has 122 valence electrons. The van der Waals surface area contributed by atoms with E-state index in [0.717, 1.165) is 11.1 Å².